The average Bonchev–Trinajstić information content (AvgIpc) is 3.51. The summed E-state index contributed by atoms with van der Waals surface area (Å²) < 4.78 is 7.77. The van der Waals surface area contributed by atoms with Gasteiger partial charge in [0, 0.05) is 42.2 Å². The van der Waals surface area contributed by atoms with E-state index >= 15 is 0 Å². The van der Waals surface area contributed by atoms with Crippen LogP contribution in [0.5, 0.6) is 5.75 Å². The van der Waals surface area contributed by atoms with Crippen LogP contribution in [0, 0.1) is 0 Å². The number of hydrogen-bond acceptors (Lipinski definition) is 6. The summed E-state index contributed by atoms with van der Waals surface area (Å²) >= 11 is 0. The van der Waals surface area contributed by atoms with Crippen molar-refractivity contribution in [2.45, 2.75) is 38.8 Å². The van der Waals surface area contributed by atoms with Crippen LogP contribution in [-0.4, -0.2) is 67.1 Å². The standard InChI is InChI=1S/C25H30N6O2/c1-3-30-10-8-20(9-11-30)31-15-19(12-28-31)22-13-26-25-24(22)29-23(14-27-25)18-4-6-21(7-5-18)33-17(2)16-32/h4-7,12-15,17,20,32H,3,8-11,16H2,1-2H3,(H,26,27). The van der Waals surface area contributed by atoms with Crippen LogP contribution >= 0.6 is 0 Å². The van der Waals surface area contributed by atoms with E-state index in [2.05, 4.69) is 37.8 Å². The number of piperidine rings is 1. The van der Waals surface area contributed by atoms with Crippen LogP contribution in [0.2, 0.25) is 0 Å². The van der Waals surface area contributed by atoms with Crippen LogP contribution in [0.15, 0.2) is 49.1 Å². The molecule has 1 aliphatic rings. The zero-order chi connectivity index (χ0) is 22.8. The number of benzene rings is 1. The lowest BCUT2D eigenvalue weighted by Gasteiger charge is -2.31. The summed E-state index contributed by atoms with van der Waals surface area (Å²) in [6, 6.07) is 8.14. The molecule has 1 fully saturated rings. The number of nitrogens with zero attached hydrogens (tertiary/aromatic N) is 5. The maximum Gasteiger partial charge on any atom is 0.156 e. The Hall–Kier alpha value is -3.23. The summed E-state index contributed by atoms with van der Waals surface area (Å²) in [6.07, 6.45) is 9.82. The summed E-state index contributed by atoms with van der Waals surface area (Å²) in [5, 5.41) is 13.8. The maximum absolute atomic E-state index is 9.17. The fourth-order valence-corrected chi connectivity index (χ4v) is 4.40. The van der Waals surface area contributed by atoms with Gasteiger partial charge >= 0.3 is 0 Å². The zero-order valence-electron chi connectivity index (χ0n) is 19.1. The highest BCUT2D eigenvalue weighted by Crippen LogP contribution is 2.30. The molecule has 0 aliphatic carbocycles. The molecule has 0 amide bonds. The minimum absolute atomic E-state index is 0.0192. The first kappa shape index (κ1) is 21.6. The van der Waals surface area contributed by atoms with Gasteiger partial charge in [0.25, 0.3) is 0 Å². The Labute approximate surface area is 193 Å². The summed E-state index contributed by atoms with van der Waals surface area (Å²) in [5.74, 6) is 0.717. The minimum Gasteiger partial charge on any atom is -0.488 e. The number of hydrogen-bond donors (Lipinski definition) is 2. The molecule has 172 valence electrons. The van der Waals surface area contributed by atoms with Gasteiger partial charge in [-0.2, -0.15) is 5.10 Å². The van der Waals surface area contributed by atoms with Crippen LogP contribution in [0.4, 0.5) is 0 Å². The zero-order valence-corrected chi connectivity index (χ0v) is 19.1. The predicted molar refractivity (Wildman–Crippen MR) is 128 cm³/mol. The highest BCUT2D eigenvalue weighted by atomic mass is 16.5. The van der Waals surface area contributed by atoms with Gasteiger partial charge in [-0.1, -0.05) is 6.92 Å². The quantitative estimate of drug-likeness (QED) is 0.447. The Morgan fingerprint density at radius 3 is 2.67 bits per heavy atom. The predicted octanol–water partition coefficient (Wildman–Crippen LogP) is 3.90. The lowest BCUT2D eigenvalue weighted by molar-refractivity contribution is 0.130. The van der Waals surface area contributed by atoms with Crippen molar-refractivity contribution < 1.29 is 9.84 Å². The Morgan fingerprint density at radius 2 is 1.94 bits per heavy atom. The van der Waals surface area contributed by atoms with Crippen molar-refractivity contribution in [1.29, 1.82) is 0 Å². The fourth-order valence-electron chi connectivity index (χ4n) is 4.40. The van der Waals surface area contributed by atoms with Gasteiger partial charge in [0.2, 0.25) is 0 Å². The van der Waals surface area contributed by atoms with E-state index in [-0.39, 0.29) is 12.7 Å². The Morgan fingerprint density at radius 1 is 1.15 bits per heavy atom. The SMILES string of the molecule is CCN1CCC(n2cc(-c3c[nH]c4ncc(-c5ccc(OC(C)CO)cc5)nc34)cn2)CC1. The highest BCUT2D eigenvalue weighted by molar-refractivity contribution is 5.91. The maximum atomic E-state index is 9.17. The minimum atomic E-state index is -0.241. The molecule has 1 aromatic carbocycles. The molecule has 1 atom stereocenters. The van der Waals surface area contributed by atoms with Crippen molar-refractivity contribution in [3.05, 3.63) is 49.1 Å². The van der Waals surface area contributed by atoms with E-state index in [0.29, 0.717) is 11.8 Å². The van der Waals surface area contributed by atoms with E-state index in [4.69, 9.17) is 9.72 Å². The molecule has 4 heterocycles. The Balaban J connectivity index is 1.39. The van der Waals surface area contributed by atoms with Gasteiger partial charge in [-0.25, -0.2) is 9.97 Å². The normalized spacial score (nSPS) is 16.3. The van der Waals surface area contributed by atoms with Crippen molar-refractivity contribution in [1.82, 2.24) is 29.6 Å². The molecule has 1 aliphatic heterocycles. The number of H-pyrrole nitrogens is 1. The van der Waals surface area contributed by atoms with Crippen molar-refractivity contribution >= 4 is 11.2 Å². The lowest BCUT2D eigenvalue weighted by Crippen LogP contribution is -2.34. The number of rotatable bonds is 7. The van der Waals surface area contributed by atoms with E-state index in [1.54, 1.807) is 6.20 Å². The van der Waals surface area contributed by atoms with Gasteiger partial charge in [-0.05, 0) is 50.6 Å². The van der Waals surface area contributed by atoms with Gasteiger partial charge in [-0.3, -0.25) is 4.68 Å². The number of aromatic amines is 1. The molecule has 0 saturated carbocycles. The number of ether oxygens (including phenoxy) is 1. The molecule has 0 radical (unpaired) electrons. The third-order valence-electron chi connectivity index (χ3n) is 6.42. The second-order valence-corrected chi connectivity index (χ2v) is 8.66. The van der Waals surface area contributed by atoms with Gasteiger partial charge in [0.1, 0.15) is 17.4 Å². The average molecular weight is 447 g/mol. The number of aromatic nitrogens is 5. The summed E-state index contributed by atoms with van der Waals surface area (Å²) in [5.41, 5.74) is 5.40. The highest BCUT2D eigenvalue weighted by Gasteiger charge is 2.21. The monoisotopic (exact) mass is 446 g/mol. The molecular formula is C25H30N6O2. The van der Waals surface area contributed by atoms with Crippen LogP contribution in [0.1, 0.15) is 32.7 Å². The lowest BCUT2D eigenvalue weighted by atomic mass is 10.1. The Bertz CT molecular complexity index is 1210. The fraction of sp³-hybridized carbons (Fsp3) is 0.400. The Kier molecular flexibility index (Phi) is 6.11. The molecule has 8 nitrogen and oxygen atoms in total. The van der Waals surface area contributed by atoms with E-state index in [9.17, 15) is 5.11 Å². The van der Waals surface area contributed by atoms with Gasteiger partial charge in [-0.15, -0.1) is 0 Å². The third-order valence-corrected chi connectivity index (χ3v) is 6.42. The smallest absolute Gasteiger partial charge is 0.156 e. The van der Waals surface area contributed by atoms with Crippen molar-refractivity contribution in [3.8, 4) is 28.1 Å². The first-order valence-corrected chi connectivity index (χ1v) is 11.6. The van der Waals surface area contributed by atoms with Crippen LogP contribution in [0.25, 0.3) is 33.5 Å². The van der Waals surface area contributed by atoms with Crippen molar-refractivity contribution in [3.63, 3.8) is 0 Å². The number of fused-ring (bicyclic) bond motifs is 1. The molecule has 4 aromatic rings. The second kappa shape index (κ2) is 9.33. The molecule has 0 bridgehead atoms. The van der Waals surface area contributed by atoms with Crippen molar-refractivity contribution in [2.24, 2.45) is 0 Å². The van der Waals surface area contributed by atoms with Gasteiger partial charge in [0.15, 0.2) is 5.65 Å². The van der Waals surface area contributed by atoms with E-state index in [1.165, 1.54) is 0 Å². The van der Waals surface area contributed by atoms with Crippen LogP contribution in [0.3, 0.4) is 0 Å². The number of likely N-dealkylation sites (tertiary alicyclic amines) is 1. The summed E-state index contributed by atoms with van der Waals surface area (Å²) in [4.78, 5) is 15.2. The topological polar surface area (TPSA) is 92.1 Å². The molecule has 33 heavy (non-hydrogen) atoms. The van der Waals surface area contributed by atoms with Gasteiger partial charge in [0.05, 0.1) is 30.7 Å². The number of nitrogens with one attached hydrogen (secondary N) is 1. The second-order valence-electron chi connectivity index (χ2n) is 8.66. The van der Waals surface area contributed by atoms with Crippen molar-refractivity contribution in [2.75, 3.05) is 26.2 Å². The molecule has 3 aromatic heterocycles. The molecule has 1 saturated heterocycles. The summed E-state index contributed by atoms with van der Waals surface area (Å²) in [6.45, 7) is 7.40. The molecule has 5 rings (SSSR count). The van der Waals surface area contributed by atoms with Crippen LogP contribution < -0.4 is 4.74 Å². The number of aliphatic hydroxyl groups excluding tert-OH is 1. The number of aliphatic hydroxyl groups is 1. The first-order valence-electron chi connectivity index (χ1n) is 11.6. The van der Waals surface area contributed by atoms with Gasteiger partial charge < -0.3 is 19.7 Å². The van der Waals surface area contributed by atoms with E-state index in [1.807, 2.05) is 43.6 Å². The molecule has 2 N–H and O–H groups in total. The van der Waals surface area contributed by atoms with E-state index < -0.39 is 0 Å². The summed E-state index contributed by atoms with van der Waals surface area (Å²) in [7, 11) is 0. The third kappa shape index (κ3) is 4.49. The first-order chi connectivity index (χ1) is 16.1. The van der Waals surface area contributed by atoms with Crippen LogP contribution in [-0.2, 0) is 0 Å². The largest absolute Gasteiger partial charge is 0.488 e. The molecule has 0 spiro atoms. The molecular weight excluding hydrogens is 416 g/mol. The van der Waals surface area contributed by atoms with E-state index in [0.717, 1.165) is 66.0 Å². The molecule has 1 unspecified atom stereocenters. The molecule has 8 heteroatoms.